The van der Waals surface area contributed by atoms with Crippen molar-refractivity contribution in [3.63, 3.8) is 0 Å². The van der Waals surface area contributed by atoms with Crippen LogP contribution in [0.25, 0.3) is 0 Å². The second-order valence-electron chi connectivity index (χ2n) is 6.27. The molecule has 0 saturated carbocycles. The smallest absolute Gasteiger partial charge is 0.315 e. The third-order valence-electron chi connectivity index (χ3n) is 4.49. The number of hydrogen-bond donors (Lipinski definition) is 2. The van der Waals surface area contributed by atoms with Crippen LogP contribution < -0.4 is 15.4 Å². The highest BCUT2D eigenvalue weighted by Gasteiger charge is 2.28. The number of carbonyl (C=O) groups is 3. The molecule has 0 aromatic heterocycles. The molecule has 7 heteroatoms. The molecule has 0 unspecified atom stereocenters. The highest BCUT2D eigenvalue weighted by Crippen LogP contribution is 2.30. The lowest BCUT2D eigenvalue weighted by molar-refractivity contribution is -0.138. The fraction of sp³-hybridized carbons (Fsp3) is 0.500. The third kappa shape index (κ3) is 4.29. The summed E-state index contributed by atoms with van der Waals surface area (Å²) in [7, 11) is 0. The normalized spacial score (nSPS) is 19.8. The molecular weight excluding hydrogens is 322 g/mol. The predicted molar refractivity (Wildman–Crippen MR) is 91.0 cm³/mol. The topological polar surface area (TPSA) is 87.7 Å². The van der Waals surface area contributed by atoms with Gasteiger partial charge in [-0.15, -0.1) is 0 Å². The lowest BCUT2D eigenvalue weighted by Gasteiger charge is -2.19. The maximum atomic E-state index is 12.1. The number of likely N-dealkylation sites (tertiary alicyclic amines) is 1. The van der Waals surface area contributed by atoms with E-state index in [2.05, 4.69) is 10.6 Å². The van der Waals surface area contributed by atoms with Gasteiger partial charge in [-0.2, -0.15) is 0 Å². The molecule has 1 fully saturated rings. The Kier molecular flexibility index (Phi) is 5.53. The van der Waals surface area contributed by atoms with E-state index in [1.807, 2.05) is 24.3 Å². The van der Waals surface area contributed by atoms with E-state index in [0.717, 1.165) is 24.2 Å². The number of benzene rings is 1. The zero-order chi connectivity index (χ0) is 17.6. The summed E-state index contributed by atoms with van der Waals surface area (Å²) in [6, 6.07) is 7.40. The van der Waals surface area contributed by atoms with Crippen molar-refractivity contribution in [3.8, 4) is 5.75 Å². The molecule has 0 bridgehead atoms. The van der Waals surface area contributed by atoms with Crippen LogP contribution in [0.1, 0.15) is 43.7 Å². The van der Waals surface area contributed by atoms with Crippen molar-refractivity contribution in [3.05, 3.63) is 29.8 Å². The van der Waals surface area contributed by atoms with Crippen molar-refractivity contribution < 1.29 is 19.1 Å². The van der Waals surface area contributed by atoms with Crippen molar-refractivity contribution >= 4 is 17.8 Å². The fourth-order valence-corrected chi connectivity index (χ4v) is 3.20. The number of nitrogens with zero attached hydrogens (tertiary/aromatic N) is 1. The minimum Gasteiger partial charge on any atom is -0.493 e. The molecule has 1 aromatic rings. The molecule has 2 heterocycles. The minimum absolute atomic E-state index is 0.0829. The first-order valence-corrected chi connectivity index (χ1v) is 8.74. The maximum Gasteiger partial charge on any atom is 0.315 e. The SMILES string of the molecule is O=C(NCCCN1C(=O)CCC1=O)N[C@H]1CCCOc2ccccc21. The summed E-state index contributed by atoms with van der Waals surface area (Å²) < 4.78 is 5.69. The second kappa shape index (κ2) is 8.00. The van der Waals surface area contributed by atoms with Gasteiger partial charge < -0.3 is 15.4 Å². The molecular formula is C18H23N3O4. The Labute approximate surface area is 146 Å². The molecule has 0 aliphatic carbocycles. The molecule has 1 atom stereocenters. The standard InChI is InChI=1S/C18H23N3O4/c22-16-8-9-17(23)21(16)11-4-10-19-18(24)20-14-6-3-12-25-15-7-2-1-5-13(14)15/h1-2,5,7,14H,3-4,6,8-12H2,(H2,19,20,24)/t14-/m0/s1. The summed E-state index contributed by atoms with van der Waals surface area (Å²) in [5.41, 5.74) is 0.989. The van der Waals surface area contributed by atoms with E-state index in [9.17, 15) is 14.4 Å². The van der Waals surface area contributed by atoms with E-state index in [-0.39, 0.29) is 23.9 Å². The van der Waals surface area contributed by atoms with Gasteiger partial charge in [0, 0.05) is 31.5 Å². The van der Waals surface area contributed by atoms with Crippen molar-refractivity contribution in [2.75, 3.05) is 19.7 Å². The third-order valence-corrected chi connectivity index (χ3v) is 4.49. The summed E-state index contributed by atoms with van der Waals surface area (Å²) in [4.78, 5) is 36.5. The Morgan fingerprint density at radius 2 is 1.96 bits per heavy atom. The molecule has 25 heavy (non-hydrogen) atoms. The lowest BCUT2D eigenvalue weighted by Crippen LogP contribution is -2.39. The molecule has 1 saturated heterocycles. The highest BCUT2D eigenvalue weighted by atomic mass is 16.5. The Morgan fingerprint density at radius 1 is 1.20 bits per heavy atom. The molecule has 0 radical (unpaired) electrons. The number of rotatable bonds is 5. The number of imide groups is 1. The summed E-state index contributed by atoms with van der Waals surface area (Å²) >= 11 is 0. The number of fused-ring (bicyclic) bond motifs is 1. The van der Waals surface area contributed by atoms with Crippen molar-refractivity contribution in [1.29, 1.82) is 0 Å². The Bertz CT molecular complexity index is 645. The monoisotopic (exact) mass is 345 g/mol. The first-order valence-electron chi connectivity index (χ1n) is 8.74. The van der Waals surface area contributed by atoms with Gasteiger partial charge in [-0.3, -0.25) is 14.5 Å². The van der Waals surface area contributed by atoms with Crippen LogP contribution in [0.5, 0.6) is 5.75 Å². The molecule has 4 amide bonds. The second-order valence-corrected chi connectivity index (χ2v) is 6.27. The van der Waals surface area contributed by atoms with E-state index < -0.39 is 0 Å². The Hall–Kier alpha value is -2.57. The zero-order valence-corrected chi connectivity index (χ0v) is 14.1. The number of nitrogens with one attached hydrogen (secondary N) is 2. The van der Waals surface area contributed by atoms with Crippen LogP contribution in [0.4, 0.5) is 4.79 Å². The predicted octanol–water partition coefficient (Wildman–Crippen LogP) is 1.74. The molecule has 2 aliphatic heterocycles. The summed E-state index contributed by atoms with van der Waals surface area (Å²) in [6.45, 7) is 1.42. The van der Waals surface area contributed by atoms with Crippen LogP contribution in [-0.2, 0) is 9.59 Å². The van der Waals surface area contributed by atoms with Gasteiger partial charge >= 0.3 is 6.03 Å². The summed E-state index contributed by atoms with van der Waals surface area (Å²) in [6.07, 6.45) is 2.85. The van der Waals surface area contributed by atoms with Crippen LogP contribution in [0, 0.1) is 0 Å². The average Bonchev–Trinajstić information content (AvgIpc) is 2.81. The quantitative estimate of drug-likeness (QED) is 0.628. The zero-order valence-electron chi connectivity index (χ0n) is 14.1. The van der Waals surface area contributed by atoms with E-state index >= 15 is 0 Å². The van der Waals surface area contributed by atoms with Gasteiger partial charge in [0.2, 0.25) is 11.8 Å². The fourth-order valence-electron chi connectivity index (χ4n) is 3.20. The van der Waals surface area contributed by atoms with Gasteiger partial charge in [-0.25, -0.2) is 4.79 Å². The largest absolute Gasteiger partial charge is 0.493 e. The number of ether oxygens (including phenoxy) is 1. The van der Waals surface area contributed by atoms with E-state index in [1.165, 1.54) is 4.90 Å². The molecule has 7 nitrogen and oxygen atoms in total. The van der Waals surface area contributed by atoms with E-state index in [1.54, 1.807) is 0 Å². The van der Waals surface area contributed by atoms with Gasteiger partial charge in [0.05, 0.1) is 12.6 Å². The van der Waals surface area contributed by atoms with Gasteiger partial charge in [0.15, 0.2) is 0 Å². The van der Waals surface area contributed by atoms with Crippen LogP contribution in [0.2, 0.25) is 0 Å². The number of hydrogen-bond acceptors (Lipinski definition) is 4. The Balaban J connectivity index is 1.45. The van der Waals surface area contributed by atoms with Gasteiger partial charge in [0.1, 0.15) is 5.75 Å². The number of para-hydroxylation sites is 1. The molecule has 2 aliphatic rings. The van der Waals surface area contributed by atoms with Crippen LogP contribution >= 0.6 is 0 Å². The van der Waals surface area contributed by atoms with Crippen LogP contribution in [0.3, 0.4) is 0 Å². The summed E-state index contributed by atoms with van der Waals surface area (Å²) in [5, 5.41) is 5.78. The minimum atomic E-state index is -0.249. The molecule has 0 spiro atoms. The van der Waals surface area contributed by atoms with E-state index in [0.29, 0.717) is 39.0 Å². The maximum absolute atomic E-state index is 12.1. The van der Waals surface area contributed by atoms with E-state index in [4.69, 9.17) is 4.74 Å². The van der Waals surface area contributed by atoms with Gasteiger partial charge in [-0.05, 0) is 25.3 Å². The molecule has 3 rings (SSSR count). The number of carbonyl (C=O) groups excluding carboxylic acids is 3. The number of urea groups is 1. The molecule has 1 aromatic carbocycles. The average molecular weight is 345 g/mol. The van der Waals surface area contributed by atoms with Crippen molar-refractivity contribution in [2.45, 2.75) is 38.1 Å². The number of amides is 4. The van der Waals surface area contributed by atoms with Crippen LogP contribution in [0.15, 0.2) is 24.3 Å². The van der Waals surface area contributed by atoms with Gasteiger partial charge in [-0.1, -0.05) is 18.2 Å². The first kappa shape index (κ1) is 17.3. The van der Waals surface area contributed by atoms with Crippen molar-refractivity contribution in [2.24, 2.45) is 0 Å². The first-order chi connectivity index (χ1) is 12.1. The summed E-state index contributed by atoms with van der Waals surface area (Å²) in [5.74, 6) is 0.574. The van der Waals surface area contributed by atoms with Crippen LogP contribution in [-0.4, -0.2) is 42.4 Å². The van der Waals surface area contributed by atoms with Gasteiger partial charge in [0.25, 0.3) is 0 Å². The highest BCUT2D eigenvalue weighted by molar-refractivity contribution is 6.01. The molecule has 2 N–H and O–H groups in total. The van der Waals surface area contributed by atoms with Crippen molar-refractivity contribution in [1.82, 2.24) is 15.5 Å². The molecule has 134 valence electrons. The lowest BCUT2D eigenvalue weighted by atomic mass is 10.0. The Morgan fingerprint density at radius 3 is 2.76 bits per heavy atom.